The van der Waals surface area contributed by atoms with Crippen molar-refractivity contribution < 1.29 is 23.9 Å². The SMILES string of the molecule is CCN(CC(=O)Nc1ccc2c(c1)OCCO2)C(=O)C1CC2CCCCC2N1C(=O)c1ccccc1. The van der Waals surface area contributed by atoms with Gasteiger partial charge in [-0.15, -0.1) is 0 Å². The number of amides is 3. The molecule has 2 heterocycles. The van der Waals surface area contributed by atoms with Crippen LogP contribution in [0, 0.1) is 5.92 Å². The van der Waals surface area contributed by atoms with Crippen LogP contribution in [0.2, 0.25) is 0 Å². The molecule has 3 amide bonds. The molecule has 1 aliphatic carbocycles. The van der Waals surface area contributed by atoms with Crippen LogP contribution in [0.1, 0.15) is 49.4 Å². The standard InChI is InChI=1S/C28H33N3O5/c1-2-30(18-26(32)29-21-12-13-24-25(17-21)36-15-14-35-24)28(34)23-16-20-10-6-7-11-22(20)31(23)27(33)19-8-4-3-5-9-19/h3-5,8-9,12-13,17,20,22-23H,2,6-7,10-11,14-16,18H2,1H3,(H,29,32). The first-order chi connectivity index (χ1) is 17.5. The molecular weight excluding hydrogens is 458 g/mol. The Labute approximate surface area is 211 Å². The molecule has 36 heavy (non-hydrogen) atoms. The molecule has 0 aromatic heterocycles. The Hall–Kier alpha value is -3.55. The van der Waals surface area contributed by atoms with Gasteiger partial charge in [0.2, 0.25) is 11.8 Å². The van der Waals surface area contributed by atoms with E-state index in [1.807, 2.05) is 30.0 Å². The third-order valence-electron chi connectivity index (χ3n) is 7.48. The lowest BCUT2D eigenvalue weighted by Crippen LogP contribution is -2.52. The quantitative estimate of drug-likeness (QED) is 0.666. The molecule has 2 fully saturated rings. The Kier molecular flexibility index (Phi) is 7.11. The average molecular weight is 492 g/mol. The lowest BCUT2D eigenvalue weighted by Gasteiger charge is -2.35. The summed E-state index contributed by atoms with van der Waals surface area (Å²) >= 11 is 0. The Bertz CT molecular complexity index is 1120. The smallest absolute Gasteiger partial charge is 0.254 e. The van der Waals surface area contributed by atoms with E-state index in [4.69, 9.17) is 9.47 Å². The van der Waals surface area contributed by atoms with Gasteiger partial charge in [0.1, 0.15) is 19.3 Å². The molecule has 0 radical (unpaired) electrons. The second-order valence-electron chi connectivity index (χ2n) is 9.70. The summed E-state index contributed by atoms with van der Waals surface area (Å²) in [7, 11) is 0. The highest BCUT2D eigenvalue weighted by atomic mass is 16.6. The molecule has 8 nitrogen and oxygen atoms in total. The van der Waals surface area contributed by atoms with Crippen LogP contribution < -0.4 is 14.8 Å². The number of hydrogen-bond donors (Lipinski definition) is 1. The van der Waals surface area contributed by atoms with Crippen molar-refractivity contribution in [2.45, 2.75) is 51.1 Å². The summed E-state index contributed by atoms with van der Waals surface area (Å²) in [5, 5.41) is 2.86. The molecule has 1 N–H and O–H groups in total. The number of fused-ring (bicyclic) bond motifs is 2. The fraction of sp³-hybridized carbons (Fsp3) is 0.464. The van der Waals surface area contributed by atoms with E-state index in [1.54, 1.807) is 35.2 Å². The van der Waals surface area contributed by atoms with Gasteiger partial charge >= 0.3 is 0 Å². The molecule has 1 saturated heterocycles. The molecule has 0 spiro atoms. The number of carbonyl (C=O) groups excluding carboxylic acids is 3. The van der Waals surface area contributed by atoms with Gasteiger partial charge in [0.25, 0.3) is 5.91 Å². The third kappa shape index (κ3) is 4.90. The van der Waals surface area contributed by atoms with E-state index < -0.39 is 6.04 Å². The molecule has 3 unspecified atom stereocenters. The zero-order valence-corrected chi connectivity index (χ0v) is 20.7. The van der Waals surface area contributed by atoms with E-state index in [0.29, 0.717) is 54.8 Å². The maximum atomic E-state index is 13.8. The monoisotopic (exact) mass is 491 g/mol. The minimum Gasteiger partial charge on any atom is -0.486 e. The van der Waals surface area contributed by atoms with Crippen molar-refractivity contribution >= 4 is 23.4 Å². The second kappa shape index (κ2) is 10.6. The summed E-state index contributed by atoms with van der Waals surface area (Å²) in [5.41, 5.74) is 1.18. The number of anilines is 1. The Morgan fingerprint density at radius 2 is 1.75 bits per heavy atom. The van der Waals surface area contributed by atoms with Gasteiger partial charge in [0.05, 0.1) is 6.54 Å². The van der Waals surface area contributed by atoms with Gasteiger partial charge in [0, 0.05) is 29.9 Å². The van der Waals surface area contributed by atoms with Crippen LogP contribution in [0.4, 0.5) is 5.69 Å². The highest BCUT2D eigenvalue weighted by Crippen LogP contribution is 2.41. The normalized spacial score (nSPS) is 22.5. The topological polar surface area (TPSA) is 88.2 Å². The molecule has 190 valence electrons. The lowest BCUT2D eigenvalue weighted by atomic mass is 9.84. The molecule has 1 saturated carbocycles. The van der Waals surface area contributed by atoms with Crippen LogP contribution in [-0.4, -0.2) is 65.9 Å². The average Bonchev–Trinajstić information content (AvgIpc) is 3.31. The first-order valence-electron chi connectivity index (χ1n) is 12.9. The number of nitrogens with one attached hydrogen (secondary N) is 1. The summed E-state index contributed by atoms with van der Waals surface area (Å²) in [4.78, 5) is 43.6. The van der Waals surface area contributed by atoms with Gasteiger partial charge < -0.3 is 24.6 Å². The van der Waals surface area contributed by atoms with Gasteiger partial charge in [-0.1, -0.05) is 31.0 Å². The zero-order chi connectivity index (χ0) is 25.1. The molecule has 2 aromatic rings. The molecule has 2 aromatic carbocycles. The van der Waals surface area contributed by atoms with E-state index in [0.717, 1.165) is 25.7 Å². The second-order valence-corrected chi connectivity index (χ2v) is 9.70. The number of ether oxygens (including phenoxy) is 2. The van der Waals surface area contributed by atoms with E-state index in [2.05, 4.69) is 5.32 Å². The molecule has 8 heteroatoms. The number of likely N-dealkylation sites (N-methyl/N-ethyl adjacent to an activating group) is 1. The number of benzene rings is 2. The lowest BCUT2D eigenvalue weighted by molar-refractivity contribution is -0.138. The van der Waals surface area contributed by atoms with Crippen molar-refractivity contribution in [2.75, 3.05) is 31.6 Å². The molecular formula is C28H33N3O5. The van der Waals surface area contributed by atoms with Crippen molar-refractivity contribution in [1.29, 1.82) is 0 Å². The van der Waals surface area contributed by atoms with Gasteiger partial charge in [-0.3, -0.25) is 14.4 Å². The maximum Gasteiger partial charge on any atom is 0.254 e. The van der Waals surface area contributed by atoms with Crippen molar-refractivity contribution in [3.05, 3.63) is 54.1 Å². The fourth-order valence-corrected chi connectivity index (χ4v) is 5.75. The van der Waals surface area contributed by atoms with Crippen molar-refractivity contribution in [3.8, 4) is 11.5 Å². The number of carbonyl (C=O) groups is 3. The van der Waals surface area contributed by atoms with Crippen LogP contribution in [0.15, 0.2) is 48.5 Å². The molecule has 0 bridgehead atoms. The van der Waals surface area contributed by atoms with Crippen molar-refractivity contribution in [2.24, 2.45) is 5.92 Å². The summed E-state index contributed by atoms with van der Waals surface area (Å²) < 4.78 is 11.1. The molecule has 3 atom stereocenters. The summed E-state index contributed by atoms with van der Waals surface area (Å²) in [6.45, 7) is 3.12. The number of likely N-dealkylation sites (tertiary alicyclic amines) is 1. The van der Waals surface area contributed by atoms with Crippen LogP contribution in [0.5, 0.6) is 11.5 Å². The zero-order valence-electron chi connectivity index (χ0n) is 20.7. The Balaban J connectivity index is 1.30. The third-order valence-corrected chi connectivity index (χ3v) is 7.48. The van der Waals surface area contributed by atoms with Gasteiger partial charge in [0.15, 0.2) is 11.5 Å². The summed E-state index contributed by atoms with van der Waals surface area (Å²) in [6.07, 6.45) is 4.80. The predicted octanol–water partition coefficient (Wildman–Crippen LogP) is 3.72. The van der Waals surface area contributed by atoms with Gasteiger partial charge in [-0.25, -0.2) is 0 Å². The largest absolute Gasteiger partial charge is 0.486 e. The number of nitrogens with zero attached hydrogens (tertiary/aromatic N) is 2. The van der Waals surface area contributed by atoms with Crippen LogP contribution in [-0.2, 0) is 9.59 Å². The van der Waals surface area contributed by atoms with E-state index in [9.17, 15) is 14.4 Å². The molecule has 3 aliphatic rings. The van der Waals surface area contributed by atoms with E-state index >= 15 is 0 Å². The number of rotatable bonds is 6. The first kappa shape index (κ1) is 24.2. The predicted molar refractivity (Wildman–Crippen MR) is 135 cm³/mol. The van der Waals surface area contributed by atoms with E-state index in [-0.39, 0.29) is 30.3 Å². The van der Waals surface area contributed by atoms with Gasteiger partial charge in [-0.05, 0) is 56.4 Å². The van der Waals surface area contributed by atoms with Crippen LogP contribution >= 0.6 is 0 Å². The highest BCUT2D eigenvalue weighted by molar-refractivity contribution is 6.00. The minimum atomic E-state index is -0.548. The van der Waals surface area contributed by atoms with Crippen molar-refractivity contribution in [1.82, 2.24) is 9.80 Å². The Morgan fingerprint density at radius 1 is 1.00 bits per heavy atom. The van der Waals surface area contributed by atoms with Crippen molar-refractivity contribution in [3.63, 3.8) is 0 Å². The summed E-state index contributed by atoms with van der Waals surface area (Å²) in [6, 6.07) is 14.0. The van der Waals surface area contributed by atoms with E-state index in [1.165, 1.54) is 0 Å². The van der Waals surface area contributed by atoms with Crippen LogP contribution in [0.25, 0.3) is 0 Å². The fourth-order valence-electron chi connectivity index (χ4n) is 5.75. The molecule has 2 aliphatic heterocycles. The first-order valence-corrected chi connectivity index (χ1v) is 12.9. The van der Waals surface area contributed by atoms with Crippen LogP contribution in [0.3, 0.4) is 0 Å². The molecule has 5 rings (SSSR count). The minimum absolute atomic E-state index is 0.0747. The van der Waals surface area contributed by atoms with Gasteiger partial charge in [-0.2, -0.15) is 0 Å². The number of hydrogen-bond acceptors (Lipinski definition) is 5. The maximum absolute atomic E-state index is 13.8. The Morgan fingerprint density at radius 3 is 2.53 bits per heavy atom. The highest BCUT2D eigenvalue weighted by Gasteiger charge is 2.48. The summed E-state index contributed by atoms with van der Waals surface area (Å²) in [5.74, 6) is 1.01.